The molecule has 0 saturated heterocycles. The Hall–Kier alpha value is -2.66. The standard InChI is InChI=1S/C21H20NO4.ClH/c1-3-24-19-9-15-11-22-5-4-13-7-20-21(26-12-25-20)10-16(13)17(22)6-14(15)8-18(19)23-2;/h6-11H,3-5,12H2,1-2H3;1H/q+1;/p-1. The molecule has 0 bridgehead atoms. The number of methoxy groups -OCH3 is 1. The number of rotatable bonds is 3. The van der Waals surface area contributed by atoms with Gasteiger partial charge in [-0.1, -0.05) is 0 Å². The lowest BCUT2D eigenvalue weighted by Gasteiger charge is -2.17. The second kappa shape index (κ2) is 6.82. The van der Waals surface area contributed by atoms with E-state index in [2.05, 4.69) is 35.0 Å². The van der Waals surface area contributed by atoms with E-state index in [1.807, 2.05) is 13.0 Å². The molecule has 2 aromatic carbocycles. The number of aryl methyl sites for hydroxylation is 2. The number of ether oxygens (including phenoxy) is 4. The van der Waals surface area contributed by atoms with Gasteiger partial charge in [0.2, 0.25) is 12.5 Å². The highest BCUT2D eigenvalue weighted by Crippen LogP contribution is 2.40. The van der Waals surface area contributed by atoms with Gasteiger partial charge in [-0.3, -0.25) is 0 Å². The third-order valence-electron chi connectivity index (χ3n) is 5.06. The minimum Gasteiger partial charge on any atom is -1.00 e. The molecule has 2 aliphatic rings. The van der Waals surface area contributed by atoms with Gasteiger partial charge in [-0.2, -0.15) is 4.57 Å². The van der Waals surface area contributed by atoms with Crippen LogP contribution in [0, 0.1) is 0 Å². The third kappa shape index (κ3) is 2.82. The van der Waals surface area contributed by atoms with Gasteiger partial charge in [0.1, 0.15) is 0 Å². The van der Waals surface area contributed by atoms with E-state index in [9.17, 15) is 0 Å². The highest BCUT2D eigenvalue weighted by molar-refractivity contribution is 5.87. The number of hydrogen-bond donors (Lipinski definition) is 0. The largest absolute Gasteiger partial charge is 1.00 e. The van der Waals surface area contributed by atoms with Crippen LogP contribution in [0.25, 0.3) is 22.0 Å². The Bertz CT molecular complexity index is 1030. The maximum absolute atomic E-state index is 5.72. The van der Waals surface area contributed by atoms with Crippen molar-refractivity contribution in [1.29, 1.82) is 0 Å². The molecular formula is C21H20ClNO4. The van der Waals surface area contributed by atoms with Crippen LogP contribution < -0.4 is 35.9 Å². The molecule has 0 unspecified atom stereocenters. The normalized spacial score (nSPS) is 13.6. The summed E-state index contributed by atoms with van der Waals surface area (Å²) in [6, 6.07) is 10.5. The van der Waals surface area contributed by atoms with Gasteiger partial charge in [0, 0.05) is 17.9 Å². The quantitative estimate of drug-likeness (QED) is 0.615. The zero-order valence-corrected chi connectivity index (χ0v) is 16.0. The molecule has 0 amide bonds. The van der Waals surface area contributed by atoms with Crippen LogP contribution in [0.3, 0.4) is 0 Å². The van der Waals surface area contributed by atoms with Crippen molar-refractivity contribution in [3.8, 4) is 34.3 Å². The second-order valence-electron chi connectivity index (χ2n) is 6.53. The SMILES string of the molecule is CCOc1cc2c[n+]3c(cc2cc1OC)-c1cc2c(cc1CC3)OCO2.[Cl-]. The van der Waals surface area contributed by atoms with Crippen molar-refractivity contribution in [3.63, 3.8) is 0 Å². The van der Waals surface area contributed by atoms with Gasteiger partial charge < -0.3 is 31.4 Å². The number of pyridine rings is 1. The highest BCUT2D eigenvalue weighted by atomic mass is 35.5. The Morgan fingerprint density at radius 3 is 2.56 bits per heavy atom. The lowest BCUT2D eigenvalue weighted by molar-refractivity contribution is -0.686. The summed E-state index contributed by atoms with van der Waals surface area (Å²) in [6.07, 6.45) is 3.17. The summed E-state index contributed by atoms with van der Waals surface area (Å²) in [5, 5.41) is 2.27. The number of benzene rings is 2. The van der Waals surface area contributed by atoms with E-state index in [-0.39, 0.29) is 12.4 Å². The zero-order valence-electron chi connectivity index (χ0n) is 15.3. The van der Waals surface area contributed by atoms with Gasteiger partial charge in [-0.25, -0.2) is 0 Å². The number of aromatic nitrogens is 1. The van der Waals surface area contributed by atoms with Crippen LogP contribution in [0.2, 0.25) is 0 Å². The summed E-state index contributed by atoms with van der Waals surface area (Å²) in [6.45, 7) is 3.83. The molecule has 2 aliphatic heterocycles. The minimum atomic E-state index is 0. The van der Waals surface area contributed by atoms with Gasteiger partial charge >= 0.3 is 0 Å². The first-order valence-corrected chi connectivity index (χ1v) is 8.87. The van der Waals surface area contributed by atoms with Gasteiger partial charge in [-0.15, -0.1) is 0 Å². The fourth-order valence-electron chi connectivity index (χ4n) is 3.81. The first-order chi connectivity index (χ1) is 12.8. The number of halogens is 1. The van der Waals surface area contributed by atoms with Crippen molar-refractivity contribution in [2.45, 2.75) is 19.9 Å². The predicted octanol–water partition coefficient (Wildman–Crippen LogP) is 0.490. The van der Waals surface area contributed by atoms with Crippen molar-refractivity contribution >= 4 is 10.8 Å². The molecule has 140 valence electrons. The maximum atomic E-state index is 5.72. The highest BCUT2D eigenvalue weighted by Gasteiger charge is 2.27. The van der Waals surface area contributed by atoms with Crippen molar-refractivity contribution in [1.82, 2.24) is 0 Å². The average Bonchev–Trinajstić information content (AvgIpc) is 3.12. The lowest BCUT2D eigenvalue weighted by Crippen LogP contribution is -3.00. The Morgan fingerprint density at radius 1 is 1.00 bits per heavy atom. The fraction of sp³-hybridized carbons (Fsp3) is 0.286. The molecule has 5 nitrogen and oxygen atoms in total. The lowest BCUT2D eigenvalue weighted by atomic mass is 9.95. The Kier molecular flexibility index (Phi) is 4.48. The molecule has 5 rings (SSSR count). The van der Waals surface area contributed by atoms with Gasteiger partial charge in [0.05, 0.1) is 19.3 Å². The molecule has 3 aromatic rings. The Labute approximate surface area is 163 Å². The zero-order chi connectivity index (χ0) is 17.7. The van der Waals surface area contributed by atoms with Gasteiger partial charge in [0.25, 0.3) is 0 Å². The van der Waals surface area contributed by atoms with E-state index in [0.717, 1.165) is 46.7 Å². The molecule has 0 N–H and O–H groups in total. The summed E-state index contributed by atoms with van der Waals surface area (Å²) < 4.78 is 24.6. The predicted molar refractivity (Wildman–Crippen MR) is 97.1 cm³/mol. The van der Waals surface area contributed by atoms with Gasteiger partial charge in [-0.05, 0) is 42.1 Å². The van der Waals surface area contributed by atoms with Crippen molar-refractivity contribution in [3.05, 3.63) is 42.1 Å². The van der Waals surface area contributed by atoms with E-state index in [1.54, 1.807) is 7.11 Å². The van der Waals surface area contributed by atoms with Crippen LogP contribution in [0.5, 0.6) is 23.0 Å². The molecule has 3 heterocycles. The van der Waals surface area contributed by atoms with E-state index >= 15 is 0 Å². The molecule has 0 atom stereocenters. The van der Waals surface area contributed by atoms with Crippen molar-refractivity contribution in [2.75, 3.05) is 20.5 Å². The first kappa shape index (κ1) is 17.7. The molecule has 0 fully saturated rings. The van der Waals surface area contributed by atoms with E-state index in [0.29, 0.717) is 13.4 Å². The minimum absolute atomic E-state index is 0. The van der Waals surface area contributed by atoms with Crippen LogP contribution in [-0.4, -0.2) is 20.5 Å². The van der Waals surface area contributed by atoms with Crippen molar-refractivity contribution in [2.24, 2.45) is 0 Å². The number of fused-ring (bicyclic) bond motifs is 5. The first-order valence-electron chi connectivity index (χ1n) is 8.87. The molecule has 0 saturated carbocycles. The van der Waals surface area contributed by atoms with Crippen LogP contribution >= 0.6 is 0 Å². The monoisotopic (exact) mass is 385 g/mol. The molecule has 0 radical (unpaired) electrons. The summed E-state index contributed by atoms with van der Waals surface area (Å²) in [4.78, 5) is 0. The molecular weight excluding hydrogens is 366 g/mol. The van der Waals surface area contributed by atoms with Crippen LogP contribution in [0.4, 0.5) is 0 Å². The molecule has 0 aliphatic carbocycles. The summed E-state index contributed by atoms with van der Waals surface area (Å²) in [7, 11) is 1.67. The Balaban J connectivity index is 0.00000180. The van der Waals surface area contributed by atoms with E-state index < -0.39 is 0 Å². The summed E-state index contributed by atoms with van der Waals surface area (Å²) in [5.74, 6) is 3.20. The summed E-state index contributed by atoms with van der Waals surface area (Å²) >= 11 is 0. The molecule has 1 aromatic heterocycles. The van der Waals surface area contributed by atoms with Crippen LogP contribution in [0.15, 0.2) is 36.5 Å². The number of hydrogen-bond acceptors (Lipinski definition) is 4. The topological polar surface area (TPSA) is 40.8 Å². The smallest absolute Gasteiger partial charge is 0.231 e. The fourth-order valence-corrected chi connectivity index (χ4v) is 3.81. The maximum Gasteiger partial charge on any atom is 0.231 e. The Morgan fingerprint density at radius 2 is 1.78 bits per heavy atom. The van der Waals surface area contributed by atoms with Crippen molar-refractivity contribution < 1.29 is 35.9 Å². The third-order valence-corrected chi connectivity index (χ3v) is 5.06. The second-order valence-corrected chi connectivity index (χ2v) is 6.53. The van der Waals surface area contributed by atoms with E-state index in [4.69, 9.17) is 18.9 Å². The van der Waals surface area contributed by atoms with Gasteiger partial charge in [0.15, 0.2) is 35.7 Å². The molecule has 0 spiro atoms. The number of nitrogens with zero attached hydrogens (tertiary/aromatic N) is 1. The van der Waals surface area contributed by atoms with Crippen LogP contribution in [-0.2, 0) is 13.0 Å². The average molecular weight is 386 g/mol. The van der Waals surface area contributed by atoms with E-state index in [1.165, 1.54) is 16.8 Å². The molecule has 27 heavy (non-hydrogen) atoms. The molecule has 6 heteroatoms. The summed E-state index contributed by atoms with van der Waals surface area (Å²) in [5.41, 5.74) is 3.69. The van der Waals surface area contributed by atoms with Crippen LogP contribution in [0.1, 0.15) is 12.5 Å².